The van der Waals surface area contributed by atoms with Crippen LogP contribution in [0.3, 0.4) is 0 Å². The highest BCUT2D eigenvalue weighted by Gasteiger charge is 2.50. The monoisotopic (exact) mass is 529 g/mol. The molecule has 36 heavy (non-hydrogen) atoms. The number of hydrogen-bond acceptors (Lipinski definition) is 14. The number of aliphatic hydroxyl groups is 9. The first-order valence-corrected chi connectivity index (χ1v) is 11.7. The minimum atomic E-state index is -1.82. The predicted octanol–water partition coefficient (Wildman–Crippen LogP) is -5.14. The zero-order valence-corrected chi connectivity index (χ0v) is 20.1. The van der Waals surface area contributed by atoms with Gasteiger partial charge < -0.3 is 70.2 Å². The van der Waals surface area contributed by atoms with Gasteiger partial charge in [0.25, 0.3) is 0 Å². The van der Waals surface area contributed by atoms with E-state index >= 15 is 0 Å². The summed E-state index contributed by atoms with van der Waals surface area (Å²) in [7, 11) is 0. The van der Waals surface area contributed by atoms with Crippen LogP contribution in [0.1, 0.15) is 26.7 Å². The van der Waals surface area contributed by atoms with E-state index in [2.05, 4.69) is 5.32 Å². The van der Waals surface area contributed by atoms with Crippen molar-refractivity contribution >= 4 is 5.91 Å². The minimum Gasteiger partial charge on any atom is -0.396 e. The number of nitrogens with one attached hydrogen (secondary N) is 1. The second-order valence-corrected chi connectivity index (χ2v) is 9.16. The van der Waals surface area contributed by atoms with E-state index in [0.29, 0.717) is 6.42 Å². The molecule has 2 saturated heterocycles. The van der Waals surface area contributed by atoms with Crippen molar-refractivity contribution in [1.29, 1.82) is 0 Å². The van der Waals surface area contributed by atoms with Crippen molar-refractivity contribution in [3.8, 4) is 0 Å². The van der Waals surface area contributed by atoms with E-state index in [1.165, 1.54) is 0 Å². The number of hydrogen-bond donors (Lipinski definition) is 10. The molecule has 0 aliphatic carbocycles. The smallest absolute Gasteiger partial charge is 0.217 e. The number of carbonyl (C=O) groups is 1. The third-order valence-electron chi connectivity index (χ3n) is 6.34. The third-order valence-corrected chi connectivity index (χ3v) is 6.34. The Bertz CT molecular complexity index is 673. The van der Waals surface area contributed by atoms with Gasteiger partial charge in [-0.2, -0.15) is 0 Å². The molecule has 0 bridgehead atoms. The molecule has 0 saturated carbocycles. The zero-order valence-electron chi connectivity index (χ0n) is 20.1. The van der Waals surface area contributed by atoms with E-state index < -0.39 is 92.9 Å². The summed E-state index contributed by atoms with van der Waals surface area (Å²) in [4.78, 5) is 11.4. The van der Waals surface area contributed by atoms with Gasteiger partial charge in [0.1, 0.15) is 48.8 Å². The van der Waals surface area contributed by atoms with Crippen LogP contribution in [0.2, 0.25) is 0 Å². The molecular weight excluding hydrogens is 490 g/mol. The van der Waals surface area contributed by atoms with Crippen molar-refractivity contribution in [2.24, 2.45) is 5.92 Å². The van der Waals surface area contributed by atoms with Crippen LogP contribution in [0.5, 0.6) is 0 Å². The van der Waals surface area contributed by atoms with Gasteiger partial charge in [0, 0.05) is 20.0 Å². The van der Waals surface area contributed by atoms with Gasteiger partial charge in [-0.15, -0.1) is 0 Å². The summed E-state index contributed by atoms with van der Waals surface area (Å²) < 4.78 is 21.5. The maximum atomic E-state index is 11.4. The Morgan fingerprint density at radius 1 is 0.972 bits per heavy atom. The fourth-order valence-corrected chi connectivity index (χ4v) is 4.07. The summed E-state index contributed by atoms with van der Waals surface area (Å²) in [5, 5.41) is 92.6. The van der Waals surface area contributed by atoms with Crippen LogP contribution in [0.25, 0.3) is 0 Å². The van der Waals surface area contributed by atoms with Gasteiger partial charge in [0.2, 0.25) is 5.91 Å². The molecule has 1 amide bonds. The van der Waals surface area contributed by atoms with Crippen molar-refractivity contribution < 1.29 is 69.7 Å². The quantitative estimate of drug-likeness (QED) is 0.106. The van der Waals surface area contributed by atoms with Gasteiger partial charge in [-0.05, 0) is 12.3 Å². The molecule has 0 aromatic rings. The van der Waals surface area contributed by atoms with Crippen molar-refractivity contribution in [2.75, 3.05) is 19.8 Å². The normalized spacial score (nSPS) is 39.9. The molecule has 0 aromatic carbocycles. The largest absolute Gasteiger partial charge is 0.396 e. The molecule has 0 radical (unpaired) electrons. The highest BCUT2D eigenvalue weighted by Crippen LogP contribution is 2.29. The maximum absolute atomic E-state index is 11.4. The predicted molar refractivity (Wildman–Crippen MR) is 117 cm³/mol. The van der Waals surface area contributed by atoms with Crippen LogP contribution >= 0.6 is 0 Å². The average molecular weight is 530 g/mol. The standard InChI is InChI=1S/C21H39NO14/c1-8(3-4-23)10(26)5-13(27)33-7-12-15(28)17(30)18(31)21(35-12)36-19-11(6-24)34-20(32)14(16(19)29)22-9(2)25/h8,10-21,23-24,26-32H,3-7H2,1-2H3,(H,22,25)/t8-,10+,11-,12?,13?,14?,15-,16?,17-,18-,19+,20?,21?/m0/s1. The Kier molecular flexibility index (Phi) is 12.3. The van der Waals surface area contributed by atoms with Gasteiger partial charge in [-0.3, -0.25) is 4.79 Å². The highest BCUT2D eigenvalue weighted by atomic mass is 16.7. The fraction of sp³-hybridized carbons (Fsp3) is 0.952. The zero-order chi connectivity index (χ0) is 27.2. The molecule has 2 aliphatic heterocycles. The van der Waals surface area contributed by atoms with Gasteiger partial charge in [0.15, 0.2) is 18.9 Å². The third kappa shape index (κ3) is 7.97. The number of aliphatic hydroxyl groups excluding tert-OH is 9. The molecule has 0 aromatic heterocycles. The number of rotatable bonds is 12. The molecular formula is C21H39NO14. The SMILES string of the molecule is CC(=O)NC1C(O)O[C@@H](CO)[C@@H](OC2OC(COC(O)C[C@@H](O)[C@@H](C)CCO)[C@H](O)[C@H](O)[C@@H]2O)C1O. The first-order valence-electron chi connectivity index (χ1n) is 11.7. The van der Waals surface area contributed by atoms with Gasteiger partial charge in [-0.25, -0.2) is 0 Å². The van der Waals surface area contributed by atoms with E-state index in [0.717, 1.165) is 6.92 Å². The van der Waals surface area contributed by atoms with Crippen LogP contribution in [-0.4, -0.2) is 145 Å². The fourth-order valence-electron chi connectivity index (χ4n) is 4.07. The number of ether oxygens (including phenoxy) is 4. The Morgan fingerprint density at radius 2 is 1.64 bits per heavy atom. The minimum absolute atomic E-state index is 0.138. The Balaban J connectivity index is 2.05. The molecule has 2 fully saturated rings. The summed E-state index contributed by atoms with van der Waals surface area (Å²) in [6.45, 7) is 1.47. The van der Waals surface area contributed by atoms with Crippen LogP contribution in [0.15, 0.2) is 0 Å². The molecule has 6 unspecified atom stereocenters. The second kappa shape index (κ2) is 14.2. The molecule has 13 atom stereocenters. The molecule has 15 nitrogen and oxygen atoms in total. The van der Waals surface area contributed by atoms with Gasteiger partial charge >= 0.3 is 0 Å². The van der Waals surface area contributed by atoms with Crippen LogP contribution in [0, 0.1) is 5.92 Å². The van der Waals surface area contributed by atoms with Gasteiger partial charge in [0.05, 0.1) is 19.3 Å². The molecule has 0 spiro atoms. The van der Waals surface area contributed by atoms with Crippen molar-refractivity contribution in [2.45, 2.75) is 100 Å². The Morgan fingerprint density at radius 3 is 2.22 bits per heavy atom. The van der Waals surface area contributed by atoms with Crippen molar-refractivity contribution in [3.05, 3.63) is 0 Å². The lowest BCUT2D eigenvalue weighted by atomic mass is 9.95. The van der Waals surface area contributed by atoms with E-state index in [1.54, 1.807) is 6.92 Å². The topological polar surface area (TPSA) is 248 Å². The van der Waals surface area contributed by atoms with E-state index in [-0.39, 0.29) is 18.9 Å². The lowest BCUT2D eigenvalue weighted by molar-refractivity contribution is -0.348. The Labute approximate surface area is 207 Å². The molecule has 2 aliphatic rings. The summed E-state index contributed by atoms with van der Waals surface area (Å²) in [6, 6.07) is -1.35. The van der Waals surface area contributed by atoms with E-state index in [1.807, 2.05) is 0 Å². The first kappa shape index (κ1) is 31.2. The molecule has 2 heterocycles. The summed E-state index contributed by atoms with van der Waals surface area (Å²) in [5.41, 5.74) is 0. The van der Waals surface area contributed by atoms with Crippen LogP contribution < -0.4 is 5.32 Å². The molecule has 2 rings (SSSR count). The van der Waals surface area contributed by atoms with Crippen molar-refractivity contribution in [1.82, 2.24) is 5.32 Å². The van der Waals surface area contributed by atoms with Crippen LogP contribution in [-0.2, 0) is 23.7 Å². The average Bonchev–Trinajstić information content (AvgIpc) is 2.82. The Hall–Kier alpha value is -1.05. The van der Waals surface area contributed by atoms with E-state index in [4.69, 9.17) is 24.1 Å². The number of carbonyl (C=O) groups excluding carboxylic acids is 1. The summed E-state index contributed by atoms with van der Waals surface area (Å²) in [6.07, 6.45) is -16.7. The maximum Gasteiger partial charge on any atom is 0.217 e. The van der Waals surface area contributed by atoms with E-state index in [9.17, 15) is 45.6 Å². The second-order valence-electron chi connectivity index (χ2n) is 9.16. The molecule has 10 N–H and O–H groups in total. The number of amides is 1. The summed E-state index contributed by atoms with van der Waals surface area (Å²) in [5.74, 6) is -0.912. The lowest BCUT2D eigenvalue weighted by Crippen LogP contribution is -2.67. The highest BCUT2D eigenvalue weighted by molar-refractivity contribution is 5.73. The van der Waals surface area contributed by atoms with Gasteiger partial charge in [-0.1, -0.05) is 6.92 Å². The first-order chi connectivity index (χ1) is 16.9. The van der Waals surface area contributed by atoms with Crippen molar-refractivity contribution in [3.63, 3.8) is 0 Å². The molecule has 212 valence electrons. The summed E-state index contributed by atoms with van der Waals surface area (Å²) >= 11 is 0. The van der Waals surface area contributed by atoms with Crippen LogP contribution in [0.4, 0.5) is 0 Å². The molecule has 15 heteroatoms. The lowest BCUT2D eigenvalue weighted by Gasteiger charge is -2.46.